The summed E-state index contributed by atoms with van der Waals surface area (Å²) in [6.45, 7) is 4.29. The van der Waals surface area contributed by atoms with Crippen molar-refractivity contribution in [2.45, 2.75) is 113 Å². The largest absolute Gasteiger partial charge is 0.433 e. The highest BCUT2D eigenvalue weighted by Crippen LogP contribution is 2.49. The average molecular weight is 532 g/mol. The Morgan fingerprint density at radius 2 is 1.78 bits per heavy atom. The maximum absolute atomic E-state index is 13.1. The molecule has 0 unspecified atom stereocenters. The minimum absolute atomic E-state index is 0.0499. The number of likely N-dealkylation sites (N-methyl/N-ethyl adjacent to an activating group) is 1. The fourth-order valence-electron chi connectivity index (χ4n) is 6.05. The third kappa shape index (κ3) is 5.51. The third-order valence-corrected chi connectivity index (χ3v) is 7.90. The van der Waals surface area contributed by atoms with Gasteiger partial charge in [0.05, 0.1) is 24.4 Å². The van der Waals surface area contributed by atoms with Gasteiger partial charge in [0.25, 0.3) is 0 Å². The summed E-state index contributed by atoms with van der Waals surface area (Å²) in [4.78, 5) is 0. The number of nitrogens with one attached hydrogen (secondary N) is 1. The van der Waals surface area contributed by atoms with Crippen LogP contribution in [0.1, 0.15) is 52.0 Å². The first-order chi connectivity index (χ1) is 17.3. The van der Waals surface area contributed by atoms with Gasteiger partial charge in [0.2, 0.25) is 12.1 Å². The third-order valence-electron chi connectivity index (χ3n) is 7.90. The van der Waals surface area contributed by atoms with Crippen LogP contribution in [0.5, 0.6) is 5.75 Å². The maximum Gasteiger partial charge on any atom is 0.394 e. The molecule has 2 saturated heterocycles. The summed E-state index contributed by atoms with van der Waals surface area (Å²) in [5.74, 6) is -2.65. The number of benzene rings is 1. The molecule has 0 spiro atoms. The topological polar surface area (TPSA) is 130 Å². The Hall–Kier alpha value is -1.44. The van der Waals surface area contributed by atoms with Crippen LogP contribution >= 0.6 is 0 Å². The van der Waals surface area contributed by atoms with Gasteiger partial charge in [0.15, 0.2) is 0 Å². The molecule has 1 aromatic rings. The van der Waals surface area contributed by atoms with E-state index in [0.29, 0.717) is 26.2 Å². The second kappa shape index (κ2) is 10.6. The molecule has 0 aromatic heterocycles. The molecule has 9 nitrogen and oxygen atoms in total. The van der Waals surface area contributed by atoms with Crippen LogP contribution in [0.15, 0.2) is 24.3 Å². The number of alkyl halides is 2. The summed E-state index contributed by atoms with van der Waals surface area (Å²) in [7, 11) is 1.65. The summed E-state index contributed by atoms with van der Waals surface area (Å²) in [5, 5.41) is 48.3. The second-order valence-corrected chi connectivity index (χ2v) is 10.7. The van der Waals surface area contributed by atoms with Gasteiger partial charge in [0.1, 0.15) is 23.6 Å². The molecule has 3 fully saturated rings. The fraction of sp³-hybridized carbons (Fsp3) is 0.769. The van der Waals surface area contributed by atoms with Crippen molar-refractivity contribution in [2.75, 3.05) is 7.05 Å². The molecule has 0 bridgehead atoms. The molecule has 3 aliphatic rings. The summed E-state index contributed by atoms with van der Waals surface area (Å²) < 4.78 is 48.7. The molecule has 2 heterocycles. The molecule has 11 heteroatoms. The Morgan fingerprint density at radius 1 is 1.11 bits per heavy atom. The van der Waals surface area contributed by atoms with Crippen molar-refractivity contribution in [3.63, 3.8) is 0 Å². The number of ether oxygens (including phenoxy) is 4. The van der Waals surface area contributed by atoms with Gasteiger partial charge in [-0.25, -0.2) is 0 Å². The van der Waals surface area contributed by atoms with E-state index < -0.39 is 66.3 Å². The van der Waals surface area contributed by atoms with Gasteiger partial charge in [-0.3, -0.25) is 0 Å². The van der Waals surface area contributed by atoms with E-state index in [4.69, 9.17) is 14.2 Å². The molecule has 1 aromatic carbocycles. The highest BCUT2D eigenvalue weighted by Gasteiger charge is 2.68. The van der Waals surface area contributed by atoms with E-state index in [0.717, 1.165) is 5.56 Å². The second-order valence-electron chi connectivity index (χ2n) is 10.7. The van der Waals surface area contributed by atoms with E-state index >= 15 is 0 Å². The number of aryl methyl sites for hydroxylation is 1. The smallest absolute Gasteiger partial charge is 0.394 e. The van der Waals surface area contributed by atoms with E-state index in [1.807, 2.05) is 6.92 Å². The number of hydrogen-bond acceptors (Lipinski definition) is 9. The first kappa shape index (κ1) is 28.6. The van der Waals surface area contributed by atoms with E-state index in [-0.39, 0.29) is 18.6 Å². The van der Waals surface area contributed by atoms with E-state index in [1.165, 1.54) is 12.1 Å². The van der Waals surface area contributed by atoms with Gasteiger partial charge in [-0.2, -0.15) is 8.78 Å². The van der Waals surface area contributed by atoms with Crippen molar-refractivity contribution >= 4 is 0 Å². The molecular weight excluding hydrogens is 492 g/mol. The predicted molar refractivity (Wildman–Crippen MR) is 128 cm³/mol. The lowest BCUT2D eigenvalue weighted by atomic mass is 9.73. The van der Waals surface area contributed by atoms with Gasteiger partial charge in [0, 0.05) is 19.3 Å². The van der Waals surface area contributed by atoms with Gasteiger partial charge < -0.3 is 44.7 Å². The summed E-state index contributed by atoms with van der Waals surface area (Å²) in [5.41, 5.74) is -0.900. The zero-order valence-corrected chi connectivity index (χ0v) is 21.6. The number of aliphatic hydroxyl groups is 4. The van der Waals surface area contributed by atoms with Gasteiger partial charge in [-0.05, 0) is 57.4 Å². The lowest BCUT2D eigenvalue weighted by molar-refractivity contribution is -0.485. The van der Waals surface area contributed by atoms with Crippen molar-refractivity contribution in [2.24, 2.45) is 5.92 Å². The SMILES string of the molecule is CC[C@@H]1[C@H](O)[C@H](NC)[C@H]2O[C@]3(O)[C@H](O[C@@H]2[C@H]1O)O[C@H](C)C[C@]3(O)CCCc1ccc(OC(C)(F)F)cc1. The quantitative estimate of drug-likeness (QED) is 0.340. The van der Waals surface area contributed by atoms with Crippen molar-refractivity contribution in [3.8, 4) is 5.75 Å². The van der Waals surface area contributed by atoms with Crippen LogP contribution in [-0.4, -0.2) is 87.8 Å². The average Bonchev–Trinajstić information content (AvgIpc) is 2.80. The number of fused-ring (bicyclic) bond motifs is 2. The molecule has 0 amide bonds. The molecule has 0 radical (unpaired) electrons. The van der Waals surface area contributed by atoms with Crippen molar-refractivity contribution < 1.29 is 48.2 Å². The highest BCUT2D eigenvalue weighted by molar-refractivity contribution is 5.27. The minimum atomic E-state index is -3.27. The Kier molecular flexibility index (Phi) is 8.19. The van der Waals surface area contributed by atoms with Crippen LogP contribution in [-0.2, 0) is 20.6 Å². The van der Waals surface area contributed by atoms with Gasteiger partial charge in [-0.15, -0.1) is 0 Å². The van der Waals surface area contributed by atoms with Gasteiger partial charge in [-0.1, -0.05) is 19.1 Å². The van der Waals surface area contributed by atoms with Crippen LogP contribution in [0, 0.1) is 5.92 Å². The summed E-state index contributed by atoms with van der Waals surface area (Å²) >= 11 is 0. The fourth-order valence-corrected chi connectivity index (χ4v) is 6.05. The van der Waals surface area contributed by atoms with E-state index in [2.05, 4.69) is 10.1 Å². The van der Waals surface area contributed by atoms with Crippen LogP contribution in [0.3, 0.4) is 0 Å². The van der Waals surface area contributed by atoms with Crippen LogP contribution < -0.4 is 10.1 Å². The highest BCUT2D eigenvalue weighted by atomic mass is 19.3. The summed E-state index contributed by atoms with van der Waals surface area (Å²) in [6.07, 6.45) is -7.22. The zero-order chi connectivity index (χ0) is 27.2. The molecule has 5 N–H and O–H groups in total. The molecular formula is C26H39F2NO8. The maximum atomic E-state index is 13.1. The number of hydrogen-bond donors (Lipinski definition) is 5. The monoisotopic (exact) mass is 531 g/mol. The normalized spacial score (nSPS) is 42.1. The molecule has 4 rings (SSSR count). The predicted octanol–water partition coefficient (Wildman–Crippen LogP) is 1.69. The molecule has 10 atom stereocenters. The Morgan fingerprint density at radius 3 is 2.38 bits per heavy atom. The Bertz CT molecular complexity index is 917. The van der Waals surface area contributed by atoms with E-state index in [1.54, 1.807) is 26.1 Å². The zero-order valence-electron chi connectivity index (χ0n) is 21.6. The minimum Gasteiger partial charge on any atom is -0.433 e. The lowest BCUT2D eigenvalue weighted by Crippen LogP contribution is -2.78. The molecule has 210 valence electrons. The standard InChI is InChI=1S/C26H39F2NO8/c1-5-17-19(30)18(29-4)21-22(20(17)31)35-23-26(33,37-21)25(32,13-14(2)34-23)12-6-7-15-8-10-16(11-9-15)36-24(3,27)28/h8-11,14,17-23,29-33H,5-7,12-13H2,1-4H3/t14-,17-,18+,19+,20+,21-,22-,23+,25-,26-/m1/s1. The Labute approximate surface area is 215 Å². The van der Waals surface area contributed by atoms with E-state index in [9.17, 15) is 29.2 Å². The Balaban J connectivity index is 1.49. The molecule has 37 heavy (non-hydrogen) atoms. The van der Waals surface area contributed by atoms with Crippen LogP contribution in [0.4, 0.5) is 8.78 Å². The lowest BCUT2D eigenvalue weighted by Gasteiger charge is -2.60. The first-order valence-corrected chi connectivity index (χ1v) is 12.9. The summed E-state index contributed by atoms with van der Waals surface area (Å²) in [6, 6.07) is 5.61. The molecule has 1 aliphatic carbocycles. The molecule has 2 aliphatic heterocycles. The van der Waals surface area contributed by atoms with Crippen LogP contribution in [0.25, 0.3) is 0 Å². The van der Waals surface area contributed by atoms with Crippen LogP contribution in [0.2, 0.25) is 0 Å². The first-order valence-electron chi connectivity index (χ1n) is 12.9. The van der Waals surface area contributed by atoms with Gasteiger partial charge >= 0.3 is 6.11 Å². The van der Waals surface area contributed by atoms with Crippen molar-refractivity contribution in [1.82, 2.24) is 5.32 Å². The van der Waals surface area contributed by atoms with Crippen molar-refractivity contribution in [1.29, 1.82) is 0 Å². The number of rotatable bonds is 8. The van der Waals surface area contributed by atoms with Crippen molar-refractivity contribution in [3.05, 3.63) is 29.8 Å². The molecule has 1 saturated carbocycles. The number of halogens is 2. The number of aliphatic hydroxyl groups excluding tert-OH is 2.